The van der Waals surface area contributed by atoms with Crippen molar-refractivity contribution in [3.8, 4) is 89.0 Å². The highest BCUT2D eigenvalue weighted by Crippen LogP contribution is 2.57. The average Bonchev–Trinajstić information content (AvgIpc) is 3.38. The summed E-state index contributed by atoms with van der Waals surface area (Å²) in [6, 6.07) is 93.9. The molecule has 12 aromatic carbocycles. The van der Waals surface area contributed by atoms with Crippen molar-refractivity contribution < 1.29 is 0 Å². The van der Waals surface area contributed by atoms with Crippen molar-refractivity contribution in [3.05, 3.63) is 255 Å². The lowest BCUT2D eigenvalue weighted by Gasteiger charge is -2.28. The molecule has 0 heteroatoms. The molecule has 0 unspecified atom stereocenters. The van der Waals surface area contributed by atoms with Crippen LogP contribution in [0.25, 0.3) is 121 Å². The maximum Gasteiger partial charge on any atom is -0.000697 e. The van der Waals surface area contributed by atoms with E-state index in [-0.39, 0.29) is 0 Å². The van der Waals surface area contributed by atoms with Crippen molar-refractivity contribution in [2.75, 3.05) is 0 Å². The van der Waals surface area contributed by atoms with Crippen LogP contribution in [0.3, 0.4) is 0 Å². The van der Waals surface area contributed by atoms with Gasteiger partial charge in [-0.1, -0.05) is 249 Å². The second kappa shape index (κ2) is 15.9. The Morgan fingerprint density at radius 1 is 0.172 bits per heavy atom. The monoisotopic (exact) mass is 810 g/mol. The van der Waals surface area contributed by atoms with Crippen molar-refractivity contribution >= 4 is 32.3 Å². The summed E-state index contributed by atoms with van der Waals surface area (Å²) in [5, 5.41) is 7.53. The highest BCUT2D eigenvalue weighted by atomic mass is 14.3. The zero-order valence-electron chi connectivity index (χ0n) is 35.2. The topological polar surface area (TPSA) is 0 Å². The molecule has 0 aromatic heterocycles. The molecule has 0 radical (unpaired) electrons. The molecule has 0 heterocycles. The van der Waals surface area contributed by atoms with Gasteiger partial charge in [-0.15, -0.1) is 0 Å². The largest absolute Gasteiger partial charge is 0.0622 e. The van der Waals surface area contributed by atoms with Crippen LogP contribution in [-0.2, 0) is 0 Å². The van der Waals surface area contributed by atoms with E-state index in [1.807, 2.05) is 0 Å². The maximum atomic E-state index is 2.48. The van der Waals surface area contributed by atoms with Gasteiger partial charge in [0.1, 0.15) is 0 Å². The van der Waals surface area contributed by atoms with Gasteiger partial charge in [0.25, 0.3) is 0 Å². The van der Waals surface area contributed by atoms with E-state index in [4.69, 9.17) is 0 Å². The highest BCUT2D eigenvalue weighted by Gasteiger charge is 2.29. The Kier molecular flexibility index (Phi) is 9.28. The van der Waals surface area contributed by atoms with Gasteiger partial charge in [-0.05, 0) is 127 Å². The van der Waals surface area contributed by atoms with Gasteiger partial charge < -0.3 is 0 Å². The van der Waals surface area contributed by atoms with E-state index in [0.29, 0.717) is 0 Å². The molecular formula is C64H42. The van der Waals surface area contributed by atoms with Crippen LogP contribution < -0.4 is 0 Å². The Bertz CT molecular complexity index is 3620. The summed E-state index contributed by atoms with van der Waals surface area (Å²) in [5.74, 6) is 0. The fraction of sp³-hybridized carbons (Fsp3) is 0. The summed E-state index contributed by atoms with van der Waals surface area (Å²) in [7, 11) is 0. The second-order valence-corrected chi connectivity index (χ2v) is 16.6. The average molecular weight is 811 g/mol. The smallest absolute Gasteiger partial charge is 0.000697 e. The molecule has 0 aliphatic rings. The van der Waals surface area contributed by atoms with E-state index < -0.39 is 0 Å². The fourth-order valence-corrected chi connectivity index (χ4v) is 10.3. The van der Waals surface area contributed by atoms with Crippen molar-refractivity contribution in [1.82, 2.24) is 0 Å². The SMILES string of the molecule is c1ccc(-c2ccccc2-c2c(-c3ccccc3-c3ccccc3)c3ccc4cccc5cc(-c6ccccc6-c6ccccc6)c(c2-c2ccccc2-c2ccccc2)c3c45)cc1. The number of hydrogen-bond acceptors (Lipinski definition) is 0. The number of benzene rings is 12. The van der Waals surface area contributed by atoms with Gasteiger partial charge >= 0.3 is 0 Å². The fourth-order valence-electron chi connectivity index (χ4n) is 10.3. The van der Waals surface area contributed by atoms with Crippen LogP contribution in [0.15, 0.2) is 255 Å². The van der Waals surface area contributed by atoms with Gasteiger partial charge in [-0.3, -0.25) is 0 Å². The zero-order chi connectivity index (χ0) is 42.4. The van der Waals surface area contributed by atoms with Gasteiger partial charge in [-0.25, -0.2) is 0 Å². The predicted molar refractivity (Wildman–Crippen MR) is 274 cm³/mol. The van der Waals surface area contributed by atoms with Crippen LogP contribution in [0.1, 0.15) is 0 Å². The lowest BCUT2D eigenvalue weighted by atomic mass is 9.74. The molecule has 298 valence electrons. The Morgan fingerprint density at radius 2 is 0.531 bits per heavy atom. The Balaban J connectivity index is 1.38. The minimum Gasteiger partial charge on any atom is -0.0622 e. The molecule has 0 amide bonds. The normalized spacial score (nSPS) is 11.4. The summed E-state index contributed by atoms with van der Waals surface area (Å²) in [6.07, 6.45) is 0. The number of hydrogen-bond donors (Lipinski definition) is 0. The van der Waals surface area contributed by atoms with E-state index in [9.17, 15) is 0 Å². The molecule has 0 bridgehead atoms. The first-order valence-corrected chi connectivity index (χ1v) is 22.2. The van der Waals surface area contributed by atoms with E-state index in [0.717, 1.165) is 0 Å². The van der Waals surface area contributed by atoms with Crippen LogP contribution in [0, 0.1) is 0 Å². The lowest BCUT2D eigenvalue weighted by molar-refractivity contribution is 1.55. The number of rotatable bonds is 8. The third kappa shape index (κ3) is 6.23. The summed E-state index contributed by atoms with van der Waals surface area (Å²) < 4.78 is 0. The molecule has 0 spiro atoms. The predicted octanol–water partition coefficient (Wildman–Crippen LogP) is 17.9. The van der Waals surface area contributed by atoms with Crippen molar-refractivity contribution in [2.45, 2.75) is 0 Å². The van der Waals surface area contributed by atoms with Crippen molar-refractivity contribution in [3.63, 3.8) is 0 Å². The van der Waals surface area contributed by atoms with E-state index in [1.165, 1.54) is 121 Å². The van der Waals surface area contributed by atoms with Crippen LogP contribution >= 0.6 is 0 Å². The summed E-state index contributed by atoms with van der Waals surface area (Å²) in [6.45, 7) is 0. The summed E-state index contributed by atoms with van der Waals surface area (Å²) in [4.78, 5) is 0. The van der Waals surface area contributed by atoms with Crippen molar-refractivity contribution in [1.29, 1.82) is 0 Å². The van der Waals surface area contributed by atoms with Gasteiger partial charge in [0.05, 0.1) is 0 Å². The van der Waals surface area contributed by atoms with Crippen LogP contribution in [-0.4, -0.2) is 0 Å². The van der Waals surface area contributed by atoms with E-state index in [2.05, 4.69) is 255 Å². The van der Waals surface area contributed by atoms with Gasteiger partial charge in [0.15, 0.2) is 0 Å². The first kappa shape index (κ1) is 37.4. The molecular weight excluding hydrogens is 769 g/mol. The molecule has 12 rings (SSSR count). The third-order valence-corrected chi connectivity index (χ3v) is 13.1. The highest BCUT2D eigenvalue weighted by molar-refractivity contribution is 6.35. The molecule has 0 aliphatic heterocycles. The van der Waals surface area contributed by atoms with Crippen LogP contribution in [0.5, 0.6) is 0 Å². The van der Waals surface area contributed by atoms with Crippen LogP contribution in [0.4, 0.5) is 0 Å². The van der Waals surface area contributed by atoms with E-state index >= 15 is 0 Å². The molecule has 0 saturated carbocycles. The van der Waals surface area contributed by atoms with Gasteiger partial charge in [-0.2, -0.15) is 0 Å². The second-order valence-electron chi connectivity index (χ2n) is 16.6. The minimum absolute atomic E-state index is 1.18. The molecule has 12 aromatic rings. The van der Waals surface area contributed by atoms with Crippen LogP contribution in [0.2, 0.25) is 0 Å². The van der Waals surface area contributed by atoms with Gasteiger partial charge in [0, 0.05) is 0 Å². The standard InChI is InChI=1S/C64H42/c1-5-22-43(23-6-1)49-32-13-17-36-53(49)58-42-48-31-21-30-47-40-41-57-60(54-37-18-14-33-50(54)44-24-7-2-8-25-44)61(55-38-19-15-34-51(55)45-26-9-3-10-27-45)62(64(58)63(57)59(47)48)56-39-20-16-35-52(56)46-28-11-4-12-29-46/h1-42H. The quantitative estimate of drug-likeness (QED) is 0.134. The molecule has 0 N–H and O–H groups in total. The summed E-state index contributed by atoms with van der Waals surface area (Å²) >= 11 is 0. The lowest BCUT2D eigenvalue weighted by Crippen LogP contribution is -2.01. The van der Waals surface area contributed by atoms with E-state index in [1.54, 1.807) is 0 Å². The molecule has 0 aliphatic carbocycles. The first-order valence-electron chi connectivity index (χ1n) is 22.2. The minimum atomic E-state index is 1.18. The Hall–Kier alpha value is -8.32. The molecule has 64 heavy (non-hydrogen) atoms. The molecule has 0 fully saturated rings. The first-order chi connectivity index (χ1) is 31.8. The third-order valence-electron chi connectivity index (χ3n) is 13.1. The molecule has 0 nitrogen and oxygen atoms in total. The summed E-state index contributed by atoms with van der Waals surface area (Å²) in [5.41, 5.74) is 19.2. The maximum absolute atomic E-state index is 2.48. The molecule has 0 saturated heterocycles. The van der Waals surface area contributed by atoms with Crippen molar-refractivity contribution in [2.24, 2.45) is 0 Å². The molecule has 0 atom stereocenters. The Labute approximate surface area is 374 Å². The Morgan fingerprint density at radius 3 is 1.00 bits per heavy atom. The van der Waals surface area contributed by atoms with Gasteiger partial charge in [0.2, 0.25) is 0 Å². The zero-order valence-corrected chi connectivity index (χ0v) is 35.2.